The minimum absolute atomic E-state index is 0.00634. The van der Waals surface area contributed by atoms with Gasteiger partial charge >= 0.3 is 6.18 Å². The van der Waals surface area contributed by atoms with Crippen LogP contribution in [0.15, 0.2) is 0 Å². The first-order valence-electron chi connectivity index (χ1n) is 6.31. The zero-order valence-electron chi connectivity index (χ0n) is 10.8. The molecule has 3 rings (SSSR count). The topological polar surface area (TPSA) is 30.7 Å². The number of aryl methyl sites for hydroxylation is 3. The van der Waals surface area contributed by atoms with Crippen molar-refractivity contribution in [3.05, 3.63) is 22.6 Å². The third kappa shape index (κ3) is 1.81. The zero-order chi connectivity index (χ0) is 13.8. The molecule has 0 saturated carbocycles. The Kier molecular flexibility index (Phi) is 2.59. The molecule has 0 fully saturated rings. The fourth-order valence-corrected chi connectivity index (χ4v) is 2.75. The molecule has 102 valence electrons. The molecule has 0 aromatic carbocycles. The van der Waals surface area contributed by atoms with Gasteiger partial charge in [-0.1, -0.05) is 0 Å². The molecule has 0 unspecified atom stereocenters. The summed E-state index contributed by atoms with van der Waals surface area (Å²) in [6, 6.07) is 0. The summed E-state index contributed by atoms with van der Waals surface area (Å²) in [6.07, 6.45) is -1.61. The third-order valence-electron chi connectivity index (χ3n) is 3.79. The molecule has 19 heavy (non-hydrogen) atoms. The van der Waals surface area contributed by atoms with Crippen LogP contribution in [0.5, 0.6) is 0 Å². The summed E-state index contributed by atoms with van der Waals surface area (Å²) in [5.74, 6) is 0.551. The van der Waals surface area contributed by atoms with Crippen LogP contribution in [0.4, 0.5) is 13.2 Å². The van der Waals surface area contributed by atoms with Crippen molar-refractivity contribution in [3.63, 3.8) is 0 Å². The normalized spacial score (nSPS) is 15.8. The van der Waals surface area contributed by atoms with E-state index in [2.05, 4.69) is 9.97 Å². The quantitative estimate of drug-likeness (QED) is 0.735. The van der Waals surface area contributed by atoms with E-state index in [-0.39, 0.29) is 5.52 Å². The van der Waals surface area contributed by atoms with Crippen molar-refractivity contribution in [2.24, 2.45) is 7.05 Å². The number of aromatic nitrogens is 3. The van der Waals surface area contributed by atoms with Gasteiger partial charge in [0, 0.05) is 12.7 Å². The molecule has 3 nitrogen and oxygen atoms in total. The van der Waals surface area contributed by atoms with E-state index in [0.717, 1.165) is 12.8 Å². The Hall–Kier alpha value is -1.59. The second-order valence-electron chi connectivity index (χ2n) is 5.01. The Labute approximate surface area is 108 Å². The van der Waals surface area contributed by atoms with Crippen molar-refractivity contribution < 1.29 is 13.2 Å². The van der Waals surface area contributed by atoms with Gasteiger partial charge in [-0.15, -0.1) is 0 Å². The van der Waals surface area contributed by atoms with Gasteiger partial charge in [0.1, 0.15) is 11.3 Å². The number of hydrogen-bond donors (Lipinski definition) is 0. The van der Waals surface area contributed by atoms with Gasteiger partial charge in [0.2, 0.25) is 0 Å². The standard InChI is InChI=1S/C13H14F3N3/c1-7-17-11-10(13(14,15)16)8-5-3-4-6-9(8)18-12(11)19(7)2/h3-6H2,1-2H3. The highest BCUT2D eigenvalue weighted by Crippen LogP contribution is 2.39. The average Bonchev–Trinajstić information content (AvgIpc) is 2.61. The highest BCUT2D eigenvalue weighted by atomic mass is 19.4. The number of alkyl halides is 3. The van der Waals surface area contributed by atoms with E-state index in [4.69, 9.17) is 0 Å². The van der Waals surface area contributed by atoms with Gasteiger partial charge in [-0.25, -0.2) is 9.97 Å². The van der Waals surface area contributed by atoms with E-state index in [1.165, 1.54) is 0 Å². The van der Waals surface area contributed by atoms with E-state index in [0.29, 0.717) is 35.6 Å². The van der Waals surface area contributed by atoms with Gasteiger partial charge in [0.25, 0.3) is 0 Å². The number of imidazole rings is 1. The third-order valence-corrected chi connectivity index (χ3v) is 3.79. The fourth-order valence-electron chi connectivity index (χ4n) is 2.75. The summed E-state index contributed by atoms with van der Waals surface area (Å²) in [7, 11) is 1.70. The lowest BCUT2D eigenvalue weighted by Gasteiger charge is -2.20. The van der Waals surface area contributed by atoms with Crippen LogP contribution in [-0.4, -0.2) is 14.5 Å². The van der Waals surface area contributed by atoms with Gasteiger partial charge in [-0.3, -0.25) is 0 Å². The Balaban J connectivity index is 2.44. The highest BCUT2D eigenvalue weighted by Gasteiger charge is 2.39. The van der Waals surface area contributed by atoms with Gasteiger partial charge in [0.15, 0.2) is 5.65 Å². The molecular formula is C13H14F3N3. The molecule has 0 saturated heterocycles. The maximum atomic E-state index is 13.4. The largest absolute Gasteiger partial charge is 0.418 e. The number of pyridine rings is 1. The van der Waals surface area contributed by atoms with Gasteiger partial charge in [-0.2, -0.15) is 13.2 Å². The van der Waals surface area contributed by atoms with E-state index < -0.39 is 11.7 Å². The summed E-state index contributed by atoms with van der Waals surface area (Å²) >= 11 is 0. The van der Waals surface area contributed by atoms with E-state index in [9.17, 15) is 13.2 Å². The number of fused-ring (bicyclic) bond motifs is 2. The van der Waals surface area contributed by atoms with Crippen LogP contribution in [0.25, 0.3) is 11.2 Å². The lowest BCUT2D eigenvalue weighted by Crippen LogP contribution is -2.17. The van der Waals surface area contributed by atoms with E-state index in [1.54, 1.807) is 18.5 Å². The van der Waals surface area contributed by atoms with Gasteiger partial charge < -0.3 is 4.57 Å². The lowest BCUT2D eigenvalue weighted by atomic mass is 9.91. The maximum absolute atomic E-state index is 13.4. The second kappa shape index (κ2) is 3.95. The Morgan fingerprint density at radius 2 is 1.79 bits per heavy atom. The zero-order valence-corrected chi connectivity index (χ0v) is 10.8. The van der Waals surface area contributed by atoms with Crippen LogP contribution in [0.3, 0.4) is 0 Å². The van der Waals surface area contributed by atoms with Crippen LogP contribution >= 0.6 is 0 Å². The highest BCUT2D eigenvalue weighted by molar-refractivity contribution is 5.78. The summed E-state index contributed by atoms with van der Waals surface area (Å²) in [4.78, 5) is 8.48. The Morgan fingerprint density at radius 3 is 2.47 bits per heavy atom. The molecule has 2 aromatic heterocycles. The first-order chi connectivity index (χ1) is 8.89. The lowest BCUT2D eigenvalue weighted by molar-refractivity contribution is -0.137. The molecule has 0 bridgehead atoms. The van der Waals surface area contributed by atoms with Crippen LogP contribution in [0.1, 0.15) is 35.5 Å². The van der Waals surface area contributed by atoms with Crippen molar-refractivity contribution in [1.82, 2.24) is 14.5 Å². The molecule has 1 aliphatic rings. The summed E-state index contributed by atoms with van der Waals surface area (Å²) in [5.41, 5.74) is 0.702. The molecular weight excluding hydrogens is 255 g/mol. The van der Waals surface area contributed by atoms with Crippen molar-refractivity contribution in [2.45, 2.75) is 38.8 Å². The van der Waals surface area contributed by atoms with Crippen LogP contribution < -0.4 is 0 Å². The van der Waals surface area contributed by atoms with Crippen molar-refractivity contribution >= 4 is 11.2 Å². The summed E-state index contributed by atoms with van der Waals surface area (Å²) in [6.45, 7) is 1.70. The van der Waals surface area contributed by atoms with Crippen LogP contribution in [-0.2, 0) is 26.1 Å². The summed E-state index contributed by atoms with van der Waals surface area (Å²) in [5, 5.41) is 0. The molecule has 0 radical (unpaired) electrons. The monoisotopic (exact) mass is 269 g/mol. The van der Waals surface area contributed by atoms with Gasteiger partial charge in [-0.05, 0) is 38.2 Å². The van der Waals surface area contributed by atoms with Gasteiger partial charge in [0.05, 0.1) is 5.56 Å². The molecule has 2 aromatic rings. The van der Waals surface area contributed by atoms with Crippen molar-refractivity contribution in [1.29, 1.82) is 0 Å². The predicted octanol–water partition coefficient (Wildman–Crippen LogP) is 3.17. The predicted molar refractivity (Wildman–Crippen MR) is 64.9 cm³/mol. The molecule has 0 amide bonds. The minimum atomic E-state index is -4.37. The first kappa shape index (κ1) is 12.4. The molecule has 2 heterocycles. The van der Waals surface area contributed by atoms with Crippen molar-refractivity contribution in [2.75, 3.05) is 0 Å². The summed E-state index contributed by atoms with van der Waals surface area (Å²) < 4.78 is 41.7. The average molecular weight is 269 g/mol. The van der Waals surface area contributed by atoms with E-state index >= 15 is 0 Å². The van der Waals surface area contributed by atoms with Crippen molar-refractivity contribution in [3.8, 4) is 0 Å². The number of hydrogen-bond acceptors (Lipinski definition) is 2. The molecule has 1 aliphatic carbocycles. The van der Waals surface area contributed by atoms with Crippen LogP contribution in [0.2, 0.25) is 0 Å². The Morgan fingerprint density at radius 1 is 1.11 bits per heavy atom. The molecule has 0 N–H and O–H groups in total. The maximum Gasteiger partial charge on any atom is 0.418 e. The first-order valence-corrected chi connectivity index (χ1v) is 6.31. The minimum Gasteiger partial charge on any atom is -0.316 e. The fraction of sp³-hybridized carbons (Fsp3) is 0.538. The Bertz CT molecular complexity index is 655. The molecule has 6 heteroatoms. The number of halogens is 3. The second-order valence-corrected chi connectivity index (χ2v) is 5.01. The molecule has 0 spiro atoms. The SMILES string of the molecule is Cc1nc2c(C(F)(F)F)c3c(nc2n1C)CCCC3. The molecule has 0 atom stereocenters. The molecule has 0 aliphatic heterocycles. The number of rotatable bonds is 0. The number of nitrogens with zero attached hydrogens (tertiary/aromatic N) is 3. The smallest absolute Gasteiger partial charge is 0.316 e. The van der Waals surface area contributed by atoms with Crippen LogP contribution in [0, 0.1) is 6.92 Å². The van der Waals surface area contributed by atoms with E-state index in [1.807, 2.05) is 0 Å².